The predicted molar refractivity (Wildman–Crippen MR) is 59.6 cm³/mol. The van der Waals surface area contributed by atoms with Crippen LogP contribution >= 0.6 is 0 Å². The maximum atomic E-state index is 5.28. The van der Waals surface area contributed by atoms with Crippen molar-refractivity contribution < 1.29 is 4.74 Å². The first-order valence-electron chi connectivity index (χ1n) is 5.75. The molecule has 0 aromatic carbocycles. The van der Waals surface area contributed by atoms with Crippen LogP contribution in [-0.2, 0) is 4.74 Å². The van der Waals surface area contributed by atoms with Gasteiger partial charge in [0, 0.05) is 25.7 Å². The summed E-state index contributed by atoms with van der Waals surface area (Å²) in [6.45, 7) is 8.65. The Hall–Kier alpha value is -0.120. The highest BCUT2D eigenvalue weighted by Gasteiger charge is 2.27. The van der Waals surface area contributed by atoms with Gasteiger partial charge in [0.25, 0.3) is 0 Å². The average molecular weight is 200 g/mol. The first kappa shape index (κ1) is 12.0. The third kappa shape index (κ3) is 3.23. The fourth-order valence-corrected chi connectivity index (χ4v) is 2.27. The third-order valence-electron chi connectivity index (χ3n) is 3.06. The SMILES string of the molecule is CCNCC(COC)N1CCCC1C. The zero-order valence-corrected chi connectivity index (χ0v) is 9.75. The van der Waals surface area contributed by atoms with E-state index in [0.717, 1.165) is 25.7 Å². The first-order valence-corrected chi connectivity index (χ1v) is 5.75. The molecule has 2 atom stereocenters. The van der Waals surface area contributed by atoms with E-state index in [-0.39, 0.29) is 0 Å². The first-order chi connectivity index (χ1) is 6.79. The number of methoxy groups -OCH3 is 1. The number of nitrogens with one attached hydrogen (secondary N) is 1. The molecule has 0 aromatic heterocycles. The number of hydrogen-bond acceptors (Lipinski definition) is 3. The largest absolute Gasteiger partial charge is 0.383 e. The van der Waals surface area contributed by atoms with E-state index in [1.165, 1.54) is 19.4 Å². The second-order valence-electron chi connectivity index (χ2n) is 4.15. The normalized spacial score (nSPS) is 25.5. The standard InChI is InChI=1S/C11H24N2O/c1-4-12-8-11(9-14-3)13-7-5-6-10(13)2/h10-12H,4-9H2,1-3H3. The zero-order chi connectivity index (χ0) is 10.4. The summed E-state index contributed by atoms with van der Waals surface area (Å²) >= 11 is 0. The van der Waals surface area contributed by atoms with E-state index in [9.17, 15) is 0 Å². The summed E-state index contributed by atoms with van der Waals surface area (Å²) in [5, 5.41) is 3.41. The molecule has 0 amide bonds. The van der Waals surface area contributed by atoms with Crippen LogP contribution in [0.4, 0.5) is 0 Å². The maximum Gasteiger partial charge on any atom is 0.0630 e. The number of ether oxygens (including phenoxy) is 1. The molecular formula is C11H24N2O. The Kier molecular flexibility index (Phi) is 5.45. The van der Waals surface area contributed by atoms with Gasteiger partial charge in [0.1, 0.15) is 0 Å². The Labute approximate surface area is 87.8 Å². The fourth-order valence-electron chi connectivity index (χ4n) is 2.27. The molecule has 2 unspecified atom stereocenters. The highest BCUT2D eigenvalue weighted by Crippen LogP contribution is 2.19. The Morgan fingerprint density at radius 2 is 2.36 bits per heavy atom. The Bertz CT molecular complexity index is 152. The molecule has 1 N–H and O–H groups in total. The number of hydrogen-bond donors (Lipinski definition) is 1. The summed E-state index contributed by atoms with van der Waals surface area (Å²) in [5.41, 5.74) is 0. The van der Waals surface area contributed by atoms with Gasteiger partial charge >= 0.3 is 0 Å². The highest BCUT2D eigenvalue weighted by atomic mass is 16.5. The van der Waals surface area contributed by atoms with Crippen LogP contribution in [-0.4, -0.2) is 50.3 Å². The van der Waals surface area contributed by atoms with Gasteiger partial charge in [-0.2, -0.15) is 0 Å². The molecule has 3 heteroatoms. The summed E-state index contributed by atoms with van der Waals surface area (Å²) < 4.78 is 5.28. The lowest BCUT2D eigenvalue weighted by molar-refractivity contribution is 0.0856. The number of rotatable bonds is 6. The monoisotopic (exact) mass is 200 g/mol. The molecule has 1 aliphatic heterocycles. The minimum absolute atomic E-state index is 0.553. The summed E-state index contributed by atoms with van der Waals surface area (Å²) in [5.74, 6) is 0. The van der Waals surface area contributed by atoms with Gasteiger partial charge in [-0.3, -0.25) is 4.90 Å². The molecule has 1 rings (SSSR count). The molecule has 0 saturated carbocycles. The van der Waals surface area contributed by atoms with E-state index >= 15 is 0 Å². The van der Waals surface area contributed by atoms with E-state index < -0.39 is 0 Å². The van der Waals surface area contributed by atoms with Crippen molar-refractivity contribution in [3.05, 3.63) is 0 Å². The van der Waals surface area contributed by atoms with E-state index in [0.29, 0.717) is 6.04 Å². The molecule has 0 radical (unpaired) electrons. The second-order valence-corrected chi connectivity index (χ2v) is 4.15. The third-order valence-corrected chi connectivity index (χ3v) is 3.06. The average Bonchev–Trinajstić information content (AvgIpc) is 2.59. The van der Waals surface area contributed by atoms with Gasteiger partial charge in [-0.15, -0.1) is 0 Å². The molecule has 14 heavy (non-hydrogen) atoms. The van der Waals surface area contributed by atoms with Crippen LogP contribution in [0.2, 0.25) is 0 Å². The van der Waals surface area contributed by atoms with E-state index in [4.69, 9.17) is 4.74 Å². The summed E-state index contributed by atoms with van der Waals surface area (Å²) in [4.78, 5) is 2.58. The fraction of sp³-hybridized carbons (Fsp3) is 1.00. The van der Waals surface area contributed by atoms with Crippen molar-refractivity contribution in [2.24, 2.45) is 0 Å². The number of likely N-dealkylation sites (N-methyl/N-ethyl adjacent to an activating group) is 1. The van der Waals surface area contributed by atoms with Crippen LogP contribution in [0.3, 0.4) is 0 Å². The van der Waals surface area contributed by atoms with Crippen LogP contribution in [0.15, 0.2) is 0 Å². The maximum absolute atomic E-state index is 5.28. The van der Waals surface area contributed by atoms with Crippen LogP contribution in [0.25, 0.3) is 0 Å². The molecule has 0 spiro atoms. The molecule has 1 saturated heterocycles. The zero-order valence-electron chi connectivity index (χ0n) is 9.75. The van der Waals surface area contributed by atoms with Gasteiger partial charge < -0.3 is 10.1 Å². The molecule has 84 valence electrons. The molecule has 0 aromatic rings. The Morgan fingerprint density at radius 1 is 1.57 bits per heavy atom. The van der Waals surface area contributed by atoms with Gasteiger partial charge in [0.05, 0.1) is 6.61 Å². The van der Waals surface area contributed by atoms with E-state index in [1.807, 2.05) is 0 Å². The molecule has 0 bridgehead atoms. The van der Waals surface area contributed by atoms with Crippen molar-refractivity contribution in [3.8, 4) is 0 Å². The van der Waals surface area contributed by atoms with Gasteiger partial charge in [0.15, 0.2) is 0 Å². The predicted octanol–water partition coefficient (Wildman–Crippen LogP) is 1.10. The van der Waals surface area contributed by atoms with E-state index in [2.05, 4.69) is 24.1 Å². The van der Waals surface area contributed by atoms with Crippen molar-refractivity contribution in [3.63, 3.8) is 0 Å². The second kappa shape index (κ2) is 6.38. The van der Waals surface area contributed by atoms with E-state index in [1.54, 1.807) is 7.11 Å². The molecule has 1 fully saturated rings. The summed E-state index contributed by atoms with van der Waals surface area (Å²) in [6.07, 6.45) is 2.68. The minimum atomic E-state index is 0.553. The van der Waals surface area contributed by atoms with Gasteiger partial charge in [-0.25, -0.2) is 0 Å². The Balaban J connectivity index is 2.39. The topological polar surface area (TPSA) is 24.5 Å². The van der Waals surface area contributed by atoms with Gasteiger partial charge in [-0.05, 0) is 32.9 Å². The lowest BCUT2D eigenvalue weighted by atomic mass is 10.2. The lowest BCUT2D eigenvalue weighted by Gasteiger charge is -2.31. The van der Waals surface area contributed by atoms with Crippen molar-refractivity contribution >= 4 is 0 Å². The van der Waals surface area contributed by atoms with Crippen LogP contribution in [0.5, 0.6) is 0 Å². The van der Waals surface area contributed by atoms with Crippen molar-refractivity contribution in [1.82, 2.24) is 10.2 Å². The smallest absolute Gasteiger partial charge is 0.0630 e. The highest BCUT2D eigenvalue weighted by molar-refractivity contribution is 4.83. The quantitative estimate of drug-likeness (QED) is 0.695. The summed E-state index contributed by atoms with van der Waals surface area (Å²) in [6, 6.07) is 1.28. The lowest BCUT2D eigenvalue weighted by Crippen LogP contribution is -2.46. The van der Waals surface area contributed by atoms with Crippen LogP contribution < -0.4 is 5.32 Å². The summed E-state index contributed by atoms with van der Waals surface area (Å²) in [7, 11) is 1.79. The van der Waals surface area contributed by atoms with Crippen LogP contribution in [0, 0.1) is 0 Å². The molecule has 0 aliphatic carbocycles. The van der Waals surface area contributed by atoms with Crippen molar-refractivity contribution in [2.45, 2.75) is 38.8 Å². The molecular weight excluding hydrogens is 176 g/mol. The van der Waals surface area contributed by atoms with Crippen LogP contribution in [0.1, 0.15) is 26.7 Å². The molecule has 1 aliphatic rings. The number of likely N-dealkylation sites (tertiary alicyclic amines) is 1. The van der Waals surface area contributed by atoms with Gasteiger partial charge in [0.2, 0.25) is 0 Å². The molecule has 3 nitrogen and oxygen atoms in total. The Morgan fingerprint density at radius 3 is 2.86 bits per heavy atom. The minimum Gasteiger partial charge on any atom is -0.383 e. The van der Waals surface area contributed by atoms with Gasteiger partial charge in [-0.1, -0.05) is 6.92 Å². The van der Waals surface area contributed by atoms with Crippen molar-refractivity contribution in [1.29, 1.82) is 0 Å². The number of nitrogens with zero attached hydrogens (tertiary/aromatic N) is 1. The van der Waals surface area contributed by atoms with Crippen molar-refractivity contribution in [2.75, 3.05) is 33.4 Å². The molecule has 1 heterocycles.